The van der Waals surface area contributed by atoms with Crippen LogP contribution in [-0.2, 0) is 22.7 Å². The summed E-state index contributed by atoms with van der Waals surface area (Å²) in [5.74, 6) is 2.26. The molecule has 0 bridgehead atoms. The number of para-hydroxylation sites is 2. The summed E-state index contributed by atoms with van der Waals surface area (Å²) in [4.78, 5) is 9.80. The molecular formula is C58H62N4O. The molecule has 0 atom stereocenters. The number of rotatable bonds is 8. The largest absolute Gasteiger partial charge is 0.457 e. The van der Waals surface area contributed by atoms with Gasteiger partial charge in [0.1, 0.15) is 24.0 Å². The summed E-state index contributed by atoms with van der Waals surface area (Å²) in [6.45, 7) is 25.2. The molecule has 0 aliphatic carbocycles. The third-order valence-corrected chi connectivity index (χ3v) is 12.3. The highest BCUT2D eigenvalue weighted by Crippen LogP contribution is 2.47. The first-order valence-corrected chi connectivity index (χ1v) is 22.2. The predicted molar refractivity (Wildman–Crippen MR) is 267 cm³/mol. The highest BCUT2D eigenvalue weighted by atomic mass is 16.5. The summed E-state index contributed by atoms with van der Waals surface area (Å²) in [6.07, 6.45) is 2.29. The smallest absolute Gasteiger partial charge is 0.137 e. The average molecular weight is 836 g/mol. The summed E-state index contributed by atoms with van der Waals surface area (Å²) in [5.41, 5.74) is 11.7. The Bertz CT molecular complexity index is 3220. The van der Waals surface area contributed by atoms with Gasteiger partial charge >= 0.3 is 0 Å². The number of nitrogens with zero attached hydrogens (tertiary/aromatic N) is 4. The zero-order valence-corrected chi connectivity index (χ0v) is 38.7. The van der Waals surface area contributed by atoms with Gasteiger partial charge in [-0.1, -0.05) is 137 Å². The molecule has 0 radical (unpaired) electrons. The minimum absolute atomic E-state index is 0.0113. The van der Waals surface area contributed by atoms with E-state index in [1.165, 1.54) is 22.4 Å². The van der Waals surface area contributed by atoms with Crippen molar-refractivity contribution in [1.29, 1.82) is 0 Å². The second-order valence-corrected chi connectivity index (χ2v) is 20.6. The fourth-order valence-electron chi connectivity index (χ4n) is 8.74. The summed E-state index contributed by atoms with van der Waals surface area (Å²) in [7, 11) is 0. The van der Waals surface area contributed by atoms with Crippen LogP contribution in [0.3, 0.4) is 0 Å². The summed E-state index contributed by atoms with van der Waals surface area (Å²) >= 11 is 0. The van der Waals surface area contributed by atoms with E-state index in [4.69, 9.17) is 16.6 Å². The summed E-state index contributed by atoms with van der Waals surface area (Å²) in [5, 5.41) is 2.14. The van der Waals surface area contributed by atoms with Crippen LogP contribution in [0.15, 0.2) is 146 Å². The average Bonchev–Trinajstić information content (AvgIpc) is 3.83. The molecule has 63 heavy (non-hydrogen) atoms. The minimum atomic E-state index is -0.413. The van der Waals surface area contributed by atoms with Crippen LogP contribution in [0.4, 0.5) is 22.7 Å². The van der Waals surface area contributed by atoms with Gasteiger partial charge < -0.3 is 14.5 Å². The van der Waals surface area contributed by atoms with Crippen LogP contribution < -0.4 is 14.5 Å². The van der Waals surface area contributed by atoms with Crippen LogP contribution in [0.2, 0.25) is 0 Å². The topological polar surface area (TPSA) is 33.5 Å². The second-order valence-electron chi connectivity index (χ2n) is 20.6. The molecule has 0 saturated heterocycles. The molecule has 5 heteroatoms. The molecule has 1 aliphatic heterocycles. The molecule has 5 nitrogen and oxygen atoms in total. The first-order valence-electron chi connectivity index (χ1n) is 24.7. The quantitative estimate of drug-likeness (QED) is 0.153. The van der Waals surface area contributed by atoms with Crippen molar-refractivity contribution in [1.82, 2.24) is 9.55 Å². The lowest BCUT2D eigenvalue weighted by Crippen LogP contribution is -2.25. The zero-order valence-electron chi connectivity index (χ0n) is 43.7. The van der Waals surface area contributed by atoms with Gasteiger partial charge in [0, 0.05) is 46.0 Å². The molecule has 6 aromatic carbocycles. The molecule has 1 aliphatic rings. The second kappa shape index (κ2) is 15.8. The Kier molecular flexibility index (Phi) is 9.07. The van der Waals surface area contributed by atoms with E-state index in [2.05, 4.69) is 182 Å². The standard InChI is InChI=1S/C58H62N4O/c1-38(2)28-40-29-55(59-36-50(40)39-18-13-12-14-19-39)62-51-27-24-41(56(3,4)5)33-49(51)48-26-25-47(35-54(48)62)63-46-21-17-20-44(34-46)60-37-61(53-23-16-15-22-52(53)60)45-31-42(57(6,7)8)30-43(32-45)58(9,10)11/h12-27,29-36,38H,28,37H2,1-11H3/i12D,13D,14D,18D,19D. The van der Waals surface area contributed by atoms with Crippen molar-refractivity contribution in [3.8, 4) is 28.4 Å². The molecule has 3 heterocycles. The Morgan fingerprint density at radius 1 is 0.603 bits per heavy atom. The molecule has 0 N–H and O–H groups in total. The van der Waals surface area contributed by atoms with Crippen molar-refractivity contribution >= 4 is 44.6 Å². The molecule has 8 aromatic rings. The van der Waals surface area contributed by atoms with Crippen molar-refractivity contribution in [2.45, 2.75) is 98.8 Å². The normalized spacial score (nSPS) is 14.5. The van der Waals surface area contributed by atoms with Gasteiger partial charge in [0.2, 0.25) is 0 Å². The molecular weight excluding hydrogens is 769 g/mol. The molecule has 320 valence electrons. The number of aromatic nitrogens is 2. The number of fused-ring (bicyclic) bond motifs is 4. The van der Waals surface area contributed by atoms with Gasteiger partial charge in [-0.2, -0.15) is 0 Å². The van der Waals surface area contributed by atoms with Crippen LogP contribution in [0, 0.1) is 5.92 Å². The maximum absolute atomic E-state index is 8.81. The van der Waals surface area contributed by atoms with Gasteiger partial charge in [-0.25, -0.2) is 4.98 Å². The number of pyridine rings is 1. The maximum Gasteiger partial charge on any atom is 0.137 e. The number of ether oxygens (including phenoxy) is 1. The van der Waals surface area contributed by atoms with E-state index in [-0.39, 0.29) is 51.9 Å². The number of anilines is 4. The summed E-state index contributed by atoms with van der Waals surface area (Å²) in [6, 6.07) is 37.2. The minimum Gasteiger partial charge on any atom is -0.457 e. The lowest BCUT2D eigenvalue weighted by molar-refractivity contribution is 0.483. The molecule has 9 rings (SSSR count). The van der Waals surface area contributed by atoms with E-state index in [1.54, 1.807) is 6.20 Å². The Hall–Kier alpha value is -6.33. The molecule has 2 aromatic heterocycles. The van der Waals surface area contributed by atoms with E-state index in [0.717, 1.165) is 44.4 Å². The third kappa shape index (κ3) is 8.22. The van der Waals surface area contributed by atoms with E-state index >= 15 is 0 Å². The Morgan fingerprint density at radius 2 is 1.25 bits per heavy atom. The van der Waals surface area contributed by atoms with Gasteiger partial charge in [-0.05, 0) is 123 Å². The number of hydrogen-bond donors (Lipinski definition) is 0. The molecule has 0 spiro atoms. The maximum atomic E-state index is 8.81. The van der Waals surface area contributed by atoms with Crippen LogP contribution >= 0.6 is 0 Å². The van der Waals surface area contributed by atoms with E-state index in [9.17, 15) is 0 Å². The monoisotopic (exact) mass is 836 g/mol. The Morgan fingerprint density at radius 3 is 1.90 bits per heavy atom. The molecule has 0 amide bonds. The first-order chi connectivity index (χ1) is 32.0. The van der Waals surface area contributed by atoms with E-state index < -0.39 is 6.04 Å². The Balaban J connectivity index is 1.13. The van der Waals surface area contributed by atoms with Crippen LogP contribution in [0.5, 0.6) is 11.5 Å². The van der Waals surface area contributed by atoms with Crippen molar-refractivity contribution in [3.63, 3.8) is 0 Å². The predicted octanol–water partition coefficient (Wildman–Crippen LogP) is 16.0. The number of benzene rings is 6. The molecule has 0 saturated carbocycles. The van der Waals surface area contributed by atoms with Crippen LogP contribution in [0.25, 0.3) is 38.8 Å². The van der Waals surface area contributed by atoms with Crippen LogP contribution in [-0.4, -0.2) is 16.2 Å². The SMILES string of the molecule is [2H]c1c([2H])c([2H])c(-c2cnc(-n3c4ccc(C(C)(C)C)cc4c4ccc(Oc5cccc(N6CN(c7cc(C(C)(C)C)cc(C(C)(C)C)c7)c7ccccc76)c5)cc43)cc2CC(C)C)c([2H])c1[2H]. The fourth-order valence-corrected chi connectivity index (χ4v) is 8.74. The highest BCUT2D eigenvalue weighted by molar-refractivity contribution is 6.10. The van der Waals surface area contributed by atoms with Gasteiger partial charge in [0.25, 0.3) is 0 Å². The van der Waals surface area contributed by atoms with Crippen molar-refractivity contribution in [2.75, 3.05) is 16.5 Å². The third-order valence-electron chi connectivity index (χ3n) is 12.3. The first kappa shape index (κ1) is 36.2. The van der Waals surface area contributed by atoms with Gasteiger partial charge in [0.15, 0.2) is 0 Å². The van der Waals surface area contributed by atoms with Crippen LogP contribution in [0.1, 0.15) is 105 Å². The van der Waals surface area contributed by atoms with Gasteiger partial charge in [-0.15, -0.1) is 0 Å². The Labute approximate surface area is 382 Å². The van der Waals surface area contributed by atoms with Crippen molar-refractivity contribution in [2.24, 2.45) is 5.92 Å². The fraction of sp³-hybridized carbons (Fsp3) is 0.293. The van der Waals surface area contributed by atoms with Crippen molar-refractivity contribution in [3.05, 3.63) is 168 Å². The lowest BCUT2D eigenvalue weighted by atomic mass is 9.80. The van der Waals surface area contributed by atoms with Gasteiger partial charge in [-0.3, -0.25) is 4.57 Å². The molecule has 0 fully saturated rings. The highest BCUT2D eigenvalue weighted by Gasteiger charge is 2.30. The van der Waals surface area contributed by atoms with E-state index in [1.807, 2.05) is 18.2 Å². The number of hydrogen-bond acceptors (Lipinski definition) is 4. The van der Waals surface area contributed by atoms with Crippen molar-refractivity contribution < 1.29 is 11.6 Å². The summed E-state index contributed by atoms with van der Waals surface area (Å²) < 4.78 is 51.6. The lowest BCUT2D eigenvalue weighted by Gasteiger charge is -2.29. The van der Waals surface area contributed by atoms with E-state index in [0.29, 0.717) is 36.0 Å². The zero-order chi connectivity index (χ0) is 48.8. The van der Waals surface area contributed by atoms with Gasteiger partial charge in [0.05, 0.1) is 29.3 Å². The molecule has 0 unspecified atom stereocenters.